The molecule has 0 bridgehead atoms. The number of hydrogen-bond donors (Lipinski definition) is 3. The van der Waals surface area contributed by atoms with E-state index in [1.165, 1.54) is 16.7 Å². The Hall–Kier alpha value is -2.55. The first-order valence-electron chi connectivity index (χ1n) is 11.2. The van der Waals surface area contributed by atoms with Gasteiger partial charge in [0.15, 0.2) is 0 Å². The summed E-state index contributed by atoms with van der Waals surface area (Å²) in [5, 5.41) is 13.9. The van der Waals surface area contributed by atoms with Gasteiger partial charge in [-0.2, -0.15) is 0 Å². The van der Waals surface area contributed by atoms with Crippen LogP contribution in [0.15, 0.2) is 54.6 Å². The number of aliphatic hydroxyl groups is 1. The monoisotopic (exact) mass is 469 g/mol. The SMILES string of the molecule is CC1(C)SCN(C(=O)[C@@H](O)[C@@H](N)Cc2ccccc2)[C@@H]1C(=O)N[C@H]1CCOc2ccccc21. The van der Waals surface area contributed by atoms with E-state index in [9.17, 15) is 14.7 Å². The number of aliphatic hydroxyl groups excluding tert-OH is 1. The lowest BCUT2D eigenvalue weighted by molar-refractivity contribution is -0.147. The Balaban J connectivity index is 1.48. The normalized spacial score (nSPS) is 23.2. The zero-order valence-electron chi connectivity index (χ0n) is 18.9. The van der Waals surface area contributed by atoms with E-state index in [0.717, 1.165) is 16.9 Å². The molecular weight excluding hydrogens is 438 g/mol. The molecule has 176 valence electrons. The number of carbonyl (C=O) groups excluding carboxylic acids is 2. The average molecular weight is 470 g/mol. The van der Waals surface area contributed by atoms with Gasteiger partial charge in [-0.3, -0.25) is 9.59 Å². The van der Waals surface area contributed by atoms with Crippen LogP contribution in [-0.4, -0.2) is 57.2 Å². The highest BCUT2D eigenvalue weighted by molar-refractivity contribution is 8.00. The van der Waals surface area contributed by atoms with E-state index in [0.29, 0.717) is 25.3 Å². The van der Waals surface area contributed by atoms with Crippen LogP contribution >= 0.6 is 11.8 Å². The molecule has 0 aliphatic carbocycles. The molecule has 4 rings (SSSR count). The second-order valence-electron chi connectivity index (χ2n) is 9.12. The molecule has 2 aliphatic rings. The summed E-state index contributed by atoms with van der Waals surface area (Å²) >= 11 is 1.52. The van der Waals surface area contributed by atoms with Crippen LogP contribution in [0.25, 0.3) is 0 Å². The van der Waals surface area contributed by atoms with Crippen LogP contribution in [0.5, 0.6) is 5.75 Å². The van der Waals surface area contributed by atoms with Gasteiger partial charge in [0.2, 0.25) is 5.91 Å². The molecule has 7 nitrogen and oxygen atoms in total. The van der Waals surface area contributed by atoms with Gasteiger partial charge < -0.3 is 25.8 Å². The van der Waals surface area contributed by atoms with Gasteiger partial charge in [-0.05, 0) is 31.9 Å². The average Bonchev–Trinajstić information content (AvgIpc) is 3.14. The number of hydrogen-bond acceptors (Lipinski definition) is 6. The summed E-state index contributed by atoms with van der Waals surface area (Å²) in [5.74, 6) is 0.348. The first kappa shape index (κ1) is 23.6. The van der Waals surface area contributed by atoms with Crippen molar-refractivity contribution < 1.29 is 19.4 Å². The van der Waals surface area contributed by atoms with Crippen LogP contribution in [0.2, 0.25) is 0 Å². The maximum atomic E-state index is 13.5. The summed E-state index contributed by atoms with van der Waals surface area (Å²) in [5.41, 5.74) is 8.07. The lowest BCUT2D eigenvalue weighted by Gasteiger charge is -2.34. The quantitative estimate of drug-likeness (QED) is 0.599. The number of ether oxygens (including phenoxy) is 1. The van der Waals surface area contributed by atoms with Crippen molar-refractivity contribution in [3.63, 3.8) is 0 Å². The highest BCUT2D eigenvalue weighted by atomic mass is 32.2. The molecule has 1 fully saturated rings. The third-order valence-corrected chi connectivity index (χ3v) is 7.70. The Bertz CT molecular complexity index is 1000. The minimum atomic E-state index is -1.39. The number of rotatable bonds is 6. The topological polar surface area (TPSA) is 105 Å². The minimum absolute atomic E-state index is 0.189. The largest absolute Gasteiger partial charge is 0.493 e. The van der Waals surface area contributed by atoms with Crippen molar-refractivity contribution in [2.24, 2.45) is 5.73 Å². The maximum Gasteiger partial charge on any atom is 0.254 e. The summed E-state index contributed by atoms with van der Waals surface area (Å²) in [6.45, 7) is 4.41. The van der Waals surface area contributed by atoms with Crippen molar-refractivity contribution >= 4 is 23.6 Å². The summed E-state index contributed by atoms with van der Waals surface area (Å²) in [7, 11) is 0. The fourth-order valence-corrected chi connectivity index (χ4v) is 5.65. The number of fused-ring (bicyclic) bond motifs is 1. The van der Waals surface area contributed by atoms with Crippen LogP contribution in [0.3, 0.4) is 0 Å². The highest BCUT2D eigenvalue weighted by Gasteiger charge is 2.50. The summed E-state index contributed by atoms with van der Waals surface area (Å²) in [6.07, 6.45) is -0.367. The van der Waals surface area contributed by atoms with Gasteiger partial charge in [0, 0.05) is 22.8 Å². The van der Waals surface area contributed by atoms with Gasteiger partial charge >= 0.3 is 0 Å². The molecule has 2 aliphatic heterocycles. The van der Waals surface area contributed by atoms with E-state index in [1.54, 1.807) is 0 Å². The van der Waals surface area contributed by atoms with Crippen molar-refractivity contribution in [2.75, 3.05) is 12.5 Å². The molecule has 0 aromatic heterocycles. The number of para-hydroxylation sites is 1. The summed E-state index contributed by atoms with van der Waals surface area (Å²) in [6, 6.07) is 15.5. The van der Waals surface area contributed by atoms with E-state index in [-0.39, 0.29) is 11.9 Å². The molecule has 1 saturated heterocycles. The molecule has 0 spiro atoms. The fraction of sp³-hybridized carbons (Fsp3) is 0.440. The van der Waals surface area contributed by atoms with Crippen molar-refractivity contribution in [2.45, 2.75) is 55.7 Å². The van der Waals surface area contributed by atoms with E-state index in [2.05, 4.69) is 5.32 Å². The third kappa shape index (κ3) is 5.03. The van der Waals surface area contributed by atoms with Gasteiger partial charge in [0.25, 0.3) is 5.91 Å². The number of carbonyl (C=O) groups is 2. The predicted octanol–water partition coefficient (Wildman–Crippen LogP) is 2.24. The van der Waals surface area contributed by atoms with Crippen LogP contribution in [-0.2, 0) is 16.0 Å². The zero-order chi connectivity index (χ0) is 23.6. The molecule has 2 aromatic carbocycles. The number of nitrogens with two attached hydrogens (primary N) is 1. The van der Waals surface area contributed by atoms with E-state index < -0.39 is 28.8 Å². The first-order chi connectivity index (χ1) is 15.8. The molecule has 4 N–H and O–H groups in total. The Labute approximate surface area is 198 Å². The second kappa shape index (κ2) is 9.75. The Morgan fingerprint density at radius 1 is 1.21 bits per heavy atom. The van der Waals surface area contributed by atoms with Gasteiger partial charge in [-0.15, -0.1) is 11.8 Å². The highest BCUT2D eigenvalue weighted by Crippen LogP contribution is 2.40. The Kier molecular flexibility index (Phi) is 6.97. The molecule has 33 heavy (non-hydrogen) atoms. The van der Waals surface area contributed by atoms with Gasteiger partial charge in [0.05, 0.1) is 18.5 Å². The lowest BCUT2D eigenvalue weighted by Crippen LogP contribution is -2.58. The lowest BCUT2D eigenvalue weighted by atomic mass is 9.96. The third-order valence-electron chi connectivity index (χ3n) is 6.33. The van der Waals surface area contributed by atoms with Gasteiger partial charge in [0.1, 0.15) is 17.9 Å². The molecule has 0 radical (unpaired) electrons. The predicted molar refractivity (Wildman–Crippen MR) is 129 cm³/mol. The van der Waals surface area contributed by atoms with Crippen molar-refractivity contribution in [3.8, 4) is 5.75 Å². The van der Waals surface area contributed by atoms with E-state index in [4.69, 9.17) is 10.5 Å². The molecule has 2 amide bonds. The minimum Gasteiger partial charge on any atom is -0.493 e. The number of amides is 2. The maximum absolute atomic E-state index is 13.5. The number of nitrogens with zero attached hydrogens (tertiary/aromatic N) is 1. The van der Waals surface area contributed by atoms with Crippen LogP contribution in [0, 0.1) is 0 Å². The standard InChI is InChI=1S/C25H31N3O4S/c1-25(2)22(23(30)27-19-12-13-32-20-11-7-6-10-17(19)20)28(15-33-25)24(31)21(29)18(26)14-16-8-4-3-5-9-16/h3-11,18-19,21-22,29H,12-15,26H2,1-2H3,(H,27,30)/t18-,19-,21-,22+/m0/s1. The summed E-state index contributed by atoms with van der Waals surface area (Å²) < 4.78 is 5.19. The van der Waals surface area contributed by atoms with Crippen LogP contribution in [0.1, 0.15) is 37.4 Å². The van der Waals surface area contributed by atoms with Gasteiger partial charge in [-0.1, -0.05) is 48.5 Å². The molecule has 2 aromatic rings. The molecule has 2 heterocycles. The van der Waals surface area contributed by atoms with Crippen LogP contribution < -0.4 is 15.8 Å². The number of benzene rings is 2. The van der Waals surface area contributed by atoms with Crippen molar-refractivity contribution in [1.29, 1.82) is 0 Å². The molecule has 0 unspecified atom stereocenters. The molecule has 8 heteroatoms. The van der Waals surface area contributed by atoms with Gasteiger partial charge in [-0.25, -0.2) is 0 Å². The first-order valence-corrected chi connectivity index (χ1v) is 12.2. The Morgan fingerprint density at radius 2 is 1.91 bits per heavy atom. The zero-order valence-corrected chi connectivity index (χ0v) is 19.8. The Morgan fingerprint density at radius 3 is 2.67 bits per heavy atom. The number of thioether (sulfide) groups is 1. The molecular formula is C25H31N3O4S. The molecule has 4 atom stereocenters. The van der Waals surface area contributed by atoms with E-state index in [1.807, 2.05) is 68.4 Å². The molecule has 0 saturated carbocycles. The smallest absolute Gasteiger partial charge is 0.254 e. The van der Waals surface area contributed by atoms with Crippen LogP contribution in [0.4, 0.5) is 0 Å². The second-order valence-corrected chi connectivity index (χ2v) is 10.7. The van der Waals surface area contributed by atoms with E-state index >= 15 is 0 Å². The summed E-state index contributed by atoms with van der Waals surface area (Å²) in [4.78, 5) is 28.2. The fourth-order valence-electron chi connectivity index (χ4n) is 4.51. The number of nitrogens with one attached hydrogen (secondary N) is 1. The van der Waals surface area contributed by atoms with Crippen molar-refractivity contribution in [3.05, 3.63) is 65.7 Å². The van der Waals surface area contributed by atoms with Crippen molar-refractivity contribution in [1.82, 2.24) is 10.2 Å².